The first-order valence-electron chi connectivity index (χ1n) is 10.6. The topological polar surface area (TPSA) is 43.7 Å². The fourth-order valence-electron chi connectivity index (χ4n) is 4.13. The van der Waals surface area contributed by atoms with Crippen molar-refractivity contribution in [2.24, 2.45) is 0 Å². The summed E-state index contributed by atoms with van der Waals surface area (Å²) in [4.78, 5) is 2.24. The molecule has 0 heterocycles. The van der Waals surface area contributed by atoms with E-state index in [0.717, 1.165) is 39.0 Å². The Kier molecular flexibility index (Phi) is 5.47. The number of fused-ring (bicyclic) bond motifs is 1. The van der Waals surface area contributed by atoms with Gasteiger partial charge < -0.3 is 14.9 Å². The average Bonchev–Trinajstić information content (AvgIpc) is 2.85. The molecule has 0 saturated carbocycles. The minimum absolute atomic E-state index is 0.489. The monoisotopic (exact) mass is 415 g/mol. The van der Waals surface area contributed by atoms with Gasteiger partial charge in [0.05, 0.1) is 0 Å². The van der Waals surface area contributed by atoms with Gasteiger partial charge in [0.15, 0.2) is 0 Å². The molecule has 4 heteroatoms. The van der Waals surface area contributed by atoms with E-state index in [1.165, 1.54) is 0 Å². The zero-order valence-electron chi connectivity index (χ0n) is 17.5. The van der Waals surface area contributed by atoms with E-state index in [-0.39, 0.29) is 0 Å². The van der Waals surface area contributed by atoms with Gasteiger partial charge in [-0.2, -0.15) is 0 Å². The lowest BCUT2D eigenvalue weighted by Crippen LogP contribution is -2.29. The molecule has 0 bridgehead atoms. The molecule has 154 valence electrons. The quantitative estimate of drug-likeness (QED) is 0.364. The second-order valence-electron chi connectivity index (χ2n) is 7.72. The van der Waals surface area contributed by atoms with E-state index >= 15 is 0 Å². The Morgan fingerprint density at radius 1 is 0.531 bits per heavy atom. The van der Waals surface area contributed by atoms with Crippen LogP contribution in [0.4, 0.5) is 17.1 Å². The Balaban J connectivity index is 1.64. The van der Waals surface area contributed by atoms with Crippen molar-refractivity contribution in [1.29, 1.82) is 0 Å². The maximum Gasteiger partial charge on any atom is 0.488 e. The fourth-order valence-corrected chi connectivity index (χ4v) is 4.13. The third kappa shape index (κ3) is 3.90. The average molecular weight is 415 g/mol. The molecule has 3 nitrogen and oxygen atoms in total. The molecule has 0 aliphatic rings. The Labute approximate surface area is 188 Å². The van der Waals surface area contributed by atoms with Crippen LogP contribution in [0.3, 0.4) is 0 Å². The van der Waals surface area contributed by atoms with E-state index in [1.54, 1.807) is 6.07 Å². The normalized spacial score (nSPS) is 10.8. The molecule has 2 N–H and O–H groups in total. The van der Waals surface area contributed by atoms with Gasteiger partial charge in [-0.3, -0.25) is 0 Å². The summed E-state index contributed by atoms with van der Waals surface area (Å²) >= 11 is 0. The van der Waals surface area contributed by atoms with Crippen LogP contribution in [0.1, 0.15) is 0 Å². The van der Waals surface area contributed by atoms with Crippen molar-refractivity contribution in [2.45, 2.75) is 0 Å². The molecule has 5 rings (SSSR count). The number of anilines is 3. The number of benzene rings is 5. The van der Waals surface area contributed by atoms with Crippen LogP contribution in [0.5, 0.6) is 0 Å². The van der Waals surface area contributed by atoms with Gasteiger partial charge in [0.1, 0.15) is 0 Å². The van der Waals surface area contributed by atoms with Crippen molar-refractivity contribution in [3.05, 3.63) is 121 Å². The van der Waals surface area contributed by atoms with E-state index in [1.807, 2.05) is 60.7 Å². The molecule has 0 saturated heterocycles. The van der Waals surface area contributed by atoms with Crippen LogP contribution >= 0.6 is 0 Å². The molecule has 0 aliphatic carbocycles. The highest BCUT2D eigenvalue weighted by molar-refractivity contribution is 6.58. The highest BCUT2D eigenvalue weighted by Crippen LogP contribution is 2.37. The maximum atomic E-state index is 9.53. The Morgan fingerprint density at radius 2 is 1.16 bits per heavy atom. The lowest BCUT2D eigenvalue weighted by atomic mass is 9.79. The molecular formula is C28H22BNO2. The van der Waals surface area contributed by atoms with Crippen LogP contribution < -0.4 is 10.4 Å². The van der Waals surface area contributed by atoms with Crippen molar-refractivity contribution in [3.63, 3.8) is 0 Å². The molecular weight excluding hydrogens is 393 g/mol. The van der Waals surface area contributed by atoms with Crippen molar-refractivity contribution in [2.75, 3.05) is 4.90 Å². The van der Waals surface area contributed by atoms with E-state index in [0.29, 0.717) is 5.46 Å². The van der Waals surface area contributed by atoms with Crippen LogP contribution in [-0.4, -0.2) is 17.2 Å². The lowest BCUT2D eigenvalue weighted by Gasteiger charge is -2.26. The zero-order valence-corrected chi connectivity index (χ0v) is 17.5. The van der Waals surface area contributed by atoms with Gasteiger partial charge in [-0.15, -0.1) is 0 Å². The maximum absolute atomic E-state index is 9.53. The minimum atomic E-state index is -1.48. The van der Waals surface area contributed by atoms with E-state index in [9.17, 15) is 10.0 Å². The standard InChI is InChI=1S/C28H22BNO2/c31-29(32)23-17-18-28-21(19-23)10-8-16-27(28)22-9-7-15-26(20-22)30(24-11-3-1-4-12-24)25-13-5-2-6-14-25/h1-20,31-32H. The predicted molar refractivity (Wildman–Crippen MR) is 134 cm³/mol. The smallest absolute Gasteiger partial charge is 0.423 e. The Hall–Kier alpha value is -3.86. The second-order valence-corrected chi connectivity index (χ2v) is 7.72. The number of hydrogen-bond donors (Lipinski definition) is 2. The molecule has 5 aromatic rings. The third-order valence-electron chi connectivity index (χ3n) is 5.65. The first-order valence-corrected chi connectivity index (χ1v) is 10.6. The number of para-hydroxylation sites is 2. The van der Waals surface area contributed by atoms with Gasteiger partial charge in [0.2, 0.25) is 0 Å². The summed E-state index contributed by atoms with van der Waals surface area (Å²) in [6.45, 7) is 0. The summed E-state index contributed by atoms with van der Waals surface area (Å²) in [6, 6.07) is 40.8. The highest BCUT2D eigenvalue weighted by atomic mass is 16.4. The van der Waals surface area contributed by atoms with Gasteiger partial charge in [-0.25, -0.2) is 0 Å². The molecule has 0 amide bonds. The third-order valence-corrected chi connectivity index (χ3v) is 5.65. The Morgan fingerprint density at radius 3 is 1.81 bits per heavy atom. The molecule has 0 aliphatic heterocycles. The van der Waals surface area contributed by atoms with Crippen LogP contribution in [-0.2, 0) is 0 Å². The molecule has 0 radical (unpaired) electrons. The number of nitrogens with zero attached hydrogens (tertiary/aromatic N) is 1. The SMILES string of the molecule is OB(O)c1ccc2c(-c3cccc(N(c4ccccc4)c4ccccc4)c3)cccc2c1. The van der Waals surface area contributed by atoms with Crippen LogP contribution in [0.15, 0.2) is 121 Å². The summed E-state index contributed by atoms with van der Waals surface area (Å²) in [5.41, 5.74) is 5.94. The number of hydrogen-bond acceptors (Lipinski definition) is 3. The van der Waals surface area contributed by atoms with E-state index in [4.69, 9.17) is 0 Å². The molecule has 32 heavy (non-hydrogen) atoms. The van der Waals surface area contributed by atoms with Crippen molar-refractivity contribution in [1.82, 2.24) is 0 Å². The molecule has 0 atom stereocenters. The summed E-state index contributed by atoms with van der Waals surface area (Å²) in [5, 5.41) is 21.1. The zero-order chi connectivity index (χ0) is 21.9. The molecule has 5 aromatic carbocycles. The molecule has 0 fully saturated rings. The summed E-state index contributed by atoms with van der Waals surface area (Å²) in [7, 11) is -1.48. The van der Waals surface area contributed by atoms with Gasteiger partial charge >= 0.3 is 7.12 Å². The summed E-state index contributed by atoms with van der Waals surface area (Å²) in [5.74, 6) is 0. The molecule has 0 unspecified atom stereocenters. The first kappa shape index (κ1) is 20.1. The highest BCUT2D eigenvalue weighted by Gasteiger charge is 2.15. The summed E-state index contributed by atoms with van der Waals surface area (Å²) < 4.78 is 0. The van der Waals surface area contributed by atoms with Crippen LogP contribution in [0.2, 0.25) is 0 Å². The largest absolute Gasteiger partial charge is 0.488 e. The van der Waals surface area contributed by atoms with Gasteiger partial charge in [-0.1, -0.05) is 84.9 Å². The van der Waals surface area contributed by atoms with E-state index in [2.05, 4.69) is 59.5 Å². The summed E-state index contributed by atoms with van der Waals surface area (Å²) in [6.07, 6.45) is 0. The fraction of sp³-hybridized carbons (Fsp3) is 0. The molecule has 0 spiro atoms. The second kappa shape index (κ2) is 8.71. The van der Waals surface area contributed by atoms with E-state index < -0.39 is 7.12 Å². The van der Waals surface area contributed by atoms with Crippen molar-refractivity contribution < 1.29 is 10.0 Å². The Bertz CT molecular complexity index is 1310. The minimum Gasteiger partial charge on any atom is -0.423 e. The van der Waals surface area contributed by atoms with Crippen molar-refractivity contribution >= 4 is 40.4 Å². The number of rotatable bonds is 5. The lowest BCUT2D eigenvalue weighted by molar-refractivity contribution is 0.426. The van der Waals surface area contributed by atoms with Gasteiger partial charge in [0, 0.05) is 17.1 Å². The van der Waals surface area contributed by atoms with Gasteiger partial charge in [0.25, 0.3) is 0 Å². The molecule has 0 aromatic heterocycles. The van der Waals surface area contributed by atoms with Crippen LogP contribution in [0.25, 0.3) is 21.9 Å². The van der Waals surface area contributed by atoms with Crippen LogP contribution in [0, 0.1) is 0 Å². The predicted octanol–water partition coefficient (Wildman–Crippen LogP) is 5.66. The first-order chi connectivity index (χ1) is 15.7. The van der Waals surface area contributed by atoms with Crippen molar-refractivity contribution in [3.8, 4) is 11.1 Å². The van der Waals surface area contributed by atoms with Gasteiger partial charge in [-0.05, 0) is 63.8 Å².